The maximum absolute atomic E-state index is 11.6. The molecule has 1 aromatic heterocycles. The topological polar surface area (TPSA) is 125 Å². The predicted octanol–water partition coefficient (Wildman–Crippen LogP) is 1.24. The van der Waals surface area contributed by atoms with E-state index in [4.69, 9.17) is 5.53 Å². The van der Waals surface area contributed by atoms with Crippen molar-refractivity contribution in [3.8, 4) is 0 Å². The number of aromatic nitrogens is 1. The first-order chi connectivity index (χ1) is 9.11. The van der Waals surface area contributed by atoms with Gasteiger partial charge in [-0.15, -0.1) is 5.06 Å². The number of azide groups is 1. The first-order valence-corrected chi connectivity index (χ1v) is 5.21. The van der Waals surface area contributed by atoms with Crippen LogP contribution in [0.4, 0.5) is 5.82 Å². The Hall–Kier alpha value is -2.93. The maximum Gasteiger partial charge on any atom is 0.365 e. The molecule has 0 spiro atoms. The lowest BCUT2D eigenvalue weighted by atomic mass is 10.3. The predicted molar refractivity (Wildman–Crippen MR) is 59.5 cm³/mol. The van der Waals surface area contributed by atoms with Crippen molar-refractivity contribution < 1.29 is 19.2 Å². The molecule has 2 amide bonds. The molecule has 0 aliphatic carbocycles. The lowest BCUT2D eigenvalue weighted by Gasteiger charge is -2.12. The molecule has 1 fully saturated rings. The average molecular weight is 261 g/mol. The van der Waals surface area contributed by atoms with Gasteiger partial charge in [0.2, 0.25) is 0 Å². The van der Waals surface area contributed by atoms with Gasteiger partial charge in [-0.3, -0.25) is 14.6 Å². The molecule has 1 saturated heterocycles. The smallest absolute Gasteiger partial charge is 0.325 e. The molecule has 19 heavy (non-hydrogen) atoms. The molecule has 0 bridgehead atoms. The zero-order valence-electron chi connectivity index (χ0n) is 9.52. The van der Waals surface area contributed by atoms with Gasteiger partial charge in [-0.2, -0.15) is 0 Å². The second-order valence-electron chi connectivity index (χ2n) is 3.56. The summed E-state index contributed by atoms with van der Waals surface area (Å²) < 4.78 is 0. The van der Waals surface area contributed by atoms with Crippen LogP contribution >= 0.6 is 0 Å². The van der Waals surface area contributed by atoms with Crippen LogP contribution in [0.15, 0.2) is 23.4 Å². The summed E-state index contributed by atoms with van der Waals surface area (Å²) in [4.78, 5) is 45.0. The van der Waals surface area contributed by atoms with Crippen LogP contribution in [-0.2, 0) is 14.4 Å². The molecular formula is C10H7N5O4. The fourth-order valence-corrected chi connectivity index (χ4v) is 1.41. The molecule has 0 N–H and O–H groups in total. The monoisotopic (exact) mass is 261 g/mol. The highest BCUT2D eigenvalue weighted by Gasteiger charge is 2.33. The van der Waals surface area contributed by atoms with Crippen molar-refractivity contribution >= 4 is 23.6 Å². The van der Waals surface area contributed by atoms with Gasteiger partial charge in [0.15, 0.2) is 0 Å². The van der Waals surface area contributed by atoms with E-state index in [9.17, 15) is 14.4 Å². The first kappa shape index (κ1) is 12.5. The van der Waals surface area contributed by atoms with Crippen LogP contribution < -0.4 is 0 Å². The van der Waals surface area contributed by atoms with Crippen LogP contribution in [0.2, 0.25) is 0 Å². The third-order valence-electron chi connectivity index (χ3n) is 2.31. The number of hydrogen-bond acceptors (Lipinski definition) is 6. The van der Waals surface area contributed by atoms with Gasteiger partial charge in [-0.05, 0) is 22.8 Å². The van der Waals surface area contributed by atoms with E-state index in [0.29, 0.717) is 5.06 Å². The molecule has 0 saturated carbocycles. The Morgan fingerprint density at radius 2 is 2.05 bits per heavy atom. The number of pyridine rings is 1. The van der Waals surface area contributed by atoms with Gasteiger partial charge in [0, 0.05) is 24.0 Å². The normalized spacial score (nSPS) is 14.2. The molecule has 0 aromatic carbocycles. The molecule has 0 atom stereocenters. The van der Waals surface area contributed by atoms with Crippen LogP contribution in [0.5, 0.6) is 0 Å². The highest BCUT2D eigenvalue weighted by molar-refractivity contribution is 6.02. The highest BCUT2D eigenvalue weighted by atomic mass is 16.7. The van der Waals surface area contributed by atoms with Gasteiger partial charge in [0.25, 0.3) is 11.8 Å². The van der Waals surface area contributed by atoms with Gasteiger partial charge in [-0.1, -0.05) is 0 Å². The summed E-state index contributed by atoms with van der Waals surface area (Å²) in [5.74, 6) is -1.91. The quantitative estimate of drug-likeness (QED) is 0.350. The Kier molecular flexibility index (Phi) is 3.39. The number of hydroxylamine groups is 2. The van der Waals surface area contributed by atoms with E-state index >= 15 is 0 Å². The van der Waals surface area contributed by atoms with Crippen LogP contribution in [0.3, 0.4) is 0 Å². The van der Waals surface area contributed by atoms with Crippen molar-refractivity contribution in [2.24, 2.45) is 5.11 Å². The molecule has 9 heteroatoms. The van der Waals surface area contributed by atoms with Gasteiger partial charge in [0.05, 0.1) is 5.56 Å². The molecule has 1 aromatic rings. The summed E-state index contributed by atoms with van der Waals surface area (Å²) in [5, 5.41) is 3.68. The third-order valence-corrected chi connectivity index (χ3v) is 2.31. The number of carbonyl (C=O) groups excluding carboxylic acids is 3. The lowest BCUT2D eigenvalue weighted by Crippen LogP contribution is -2.32. The Bertz CT molecular complexity index is 574. The van der Waals surface area contributed by atoms with Crippen LogP contribution in [0, 0.1) is 0 Å². The van der Waals surface area contributed by atoms with Gasteiger partial charge < -0.3 is 4.84 Å². The summed E-state index contributed by atoms with van der Waals surface area (Å²) >= 11 is 0. The van der Waals surface area contributed by atoms with Crippen LogP contribution in [0.25, 0.3) is 10.4 Å². The number of nitrogens with zero attached hydrogens (tertiary/aromatic N) is 5. The van der Waals surface area contributed by atoms with E-state index in [2.05, 4.69) is 19.8 Å². The first-order valence-electron chi connectivity index (χ1n) is 5.21. The largest absolute Gasteiger partial charge is 0.365 e. The maximum atomic E-state index is 11.6. The minimum absolute atomic E-state index is 0.0280. The molecule has 96 valence electrons. The molecule has 2 heterocycles. The fraction of sp³-hybridized carbons (Fsp3) is 0.200. The molecule has 2 rings (SSSR count). The van der Waals surface area contributed by atoms with E-state index < -0.39 is 17.8 Å². The number of imide groups is 1. The molecule has 1 aliphatic heterocycles. The minimum Gasteiger partial charge on any atom is -0.325 e. The Morgan fingerprint density at radius 1 is 1.37 bits per heavy atom. The van der Waals surface area contributed by atoms with Crippen molar-refractivity contribution in [1.29, 1.82) is 0 Å². The van der Waals surface area contributed by atoms with Crippen LogP contribution in [-0.4, -0.2) is 27.8 Å². The molecular weight excluding hydrogens is 254 g/mol. The summed E-state index contributed by atoms with van der Waals surface area (Å²) in [6, 6.07) is 2.62. The number of hydrogen-bond donors (Lipinski definition) is 0. The van der Waals surface area contributed by atoms with Gasteiger partial charge in [0.1, 0.15) is 5.82 Å². The zero-order chi connectivity index (χ0) is 13.8. The molecule has 9 nitrogen and oxygen atoms in total. The summed E-state index contributed by atoms with van der Waals surface area (Å²) in [6.45, 7) is 0. The third kappa shape index (κ3) is 2.67. The van der Waals surface area contributed by atoms with Gasteiger partial charge in [-0.25, -0.2) is 4.79 Å². The van der Waals surface area contributed by atoms with E-state index in [0.717, 1.165) is 6.20 Å². The Morgan fingerprint density at radius 3 is 2.58 bits per heavy atom. The summed E-state index contributed by atoms with van der Waals surface area (Å²) in [6.07, 6.45) is 1.18. The molecule has 0 radical (unpaired) electrons. The summed E-state index contributed by atoms with van der Waals surface area (Å²) in [5.41, 5.74) is 8.22. The fourth-order valence-electron chi connectivity index (χ4n) is 1.41. The van der Waals surface area contributed by atoms with Crippen molar-refractivity contribution in [1.82, 2.24) is 10.0 Å². The average Bonchev–Trinajstić information content (AvgIpc) is 2.72. The Labute approximate surface area is 106 Å². The summed E-state index contributed by atoms with van der Waals surface area (Å²) in [7, 11) is 0. The minimum atomic E-state index is -0.886. The van der Waals surface area contributed by atoms with E-state index in [1.165, 1.54) is 12.1 Å². The zero-order valence-corrected chi connectivity index (χ0v) is 9.52. The van der Waals surface area contributed by atoms with E-state index in [-0.39, 0.29) is 24.2 Å². The number of carbonyl (C=O) groups is 3. The van der Waals surface area contributed by atoms with Crippen molar-refractivity contribution in [2.75, 3.05) is 0 Å². The van der Waals surface area contributed by atoms with Crippen molar-refractivity contribution in [2.45, 2.75) is 12.8 Å². The second-order valence-corrected chi connectivity index (χ2v) is 3.56. The van der Waals surface area contributed by atoms with Crippen molar-refractivity contribution in [3.63, 3.8) is 0 Å². The molecule has 1 aliphatic rings. The number of rotatable bonds is 3. The molecule has 0 unspecified atom stereocenters. The van der Waals surface area contributed by atoms with E-state index in [1.54, 1.807) is 0 Å². The van der Waals surface area contributed by atoms with Crippen molar-refractivity contribution in [3.05, 3.63) is 34.3 Å². The Balaban J connectivity index is 2.09. The standard InChI is InChI=1S/C10H7N5O4/c11-14-13-7-2-1-6(5-12-7)10(18)19-15-8(16)3-4-9(15)17/h1-2,5H,3-4H2. The number of amides is 2. The SMILES string of the molecule is [N-]=[N+]=Nc1ccc(C(=O)ON2C(=O)CCC2=O)cn1. The second kappa shape index (κ2) is 5.15. The highest BCUT2D eigenvalue weighted by Crippen LogP contribution is 2.15. The van der Waals surface area contributed by atoms with Gasteiger partial charge >= 0.3 is 5.97 Å². The lowest BCUT2D eigenvalue weighted by molar-refractivity contribution is -0.172. The van der Waals surface area contributed by atoms with E-state index in [1.807, 2.05) is 0 Å². The van der Waals surface area contributed by atoms with Crippen LogP contribution in [0.1, 0.15) is 23.2 Å².